The van der Waals surface area contributed by atoms with Crippen molar-refractivity contribution >= 4 is 29.5 Å². The highest BCUT2D eigenvalue weighted by Crippen LogP contribution is 2.14. The molecule has 1 fully saturated rings. The second-order valence-corrected chi connectivity index (χ2v) is 4.94. The van der Waals surface area contributed by atoms with E-state index >= 15 is 0 Å². The summed E-state index contributed by atoms with van der Waals surface area (Å²) in [5, 5.41) is 7.00. The summed E-state index contributed by atoms with van der Waals surface area (Å²) in [6.07, 6.45) is 3.42. The molecule has 0 aromatic carbocycles. The molecule has 0 atom stereocenters. The van der Waals surface area contributed by atoms with Gasteiger partial charge >= 0.3 is 0 Å². The van der Waals surface area contributed by atoms with Crippen molar-refractivity contribution in [1.82, 2.24) is 15.1 Å². The highest BCUT2D eigenvalue weighted by molar-refractivity contribution is 7.73. The first-order valence-corrected chi connectivity index (χ1v) is 5.84. The molecular weight excluding hydrogens is 218 g/mol. The van der Waals surface area contributed by atoms with Crippen LogP contribution >= 0.6 is 23.6 Å². The van der Waals surface area contributed by atoms with E-state index in [9.17, 15) is 4.79 Å². The van der Waals surface area contributed by atoms with Crippen LogP contribution in [0.5, 0.6) is 0 Å². The van der Waals surface area contributed by atoms with Gasteiger partial charge in [0.05, 0.1) is 0 Å². The Balaban J connectivity index is 2.10. The van der Waals surface area contributed by atoms with Gasteiger partial charge in [-0.3, -0.25) is 9.89 Å². The third-order valence-corrected chi connectivity index (χ3v) is 3.34. The summed E-state index contributed by atoms with van der Waals surface area (Å²) in [6, 6.07) is 0. The average Bonchev–Trinajstić information content (AvgIpc) is 2.65. The van der Waals surface area contributed by atoms with E-state index in [0.29, 0.717) is 8.96 Å². The van der Waals surface area contributed by atoms with Crippen molar-refractivity contribution in [3.63, 3.8) is 0 Å². The summed E-state index contributed by atoms with van der Waals surface area (Å²) in [5.74, 6) is 0.0158. The zero-order valence-corrected chi connectivity index (χ0v) is 9.29. The molecule has 1 aliphatic rings. The number of carbonyl (C=O) groups excluding carboxylic acids is 1. The van der Waals surface area contributed by atoms with E-state index < -0.39 is 0 Å². The molecular formula is C8H11N3OS2. The fraction of sp³-hybridized carbons (Fsp3) is 0.625. The maximum Gasteiger partial charge on any atom is 0.284 e. The Hall–Kier alpha value is -0.750. The molecule has 1 aromatic heterocycles. The molecule has 0 unspecified atom stereocenters. The number of likely N-dealkylation sites (tertiary alicyclic amines) is 1. The third-order valence-electron chi connectivity index (χ3n) is 2.26. The first-order chi connectivity index (χ1) is 6.77. The standard InChI is InChI=1S/C8H11N3OS2/c12-7(6-9-10-8(13)14-6)11-4-2-1-3-5-11/h1-5H2,(H,10,13). The van der Waals surface area contributed by atoms with Gasteiger partial charge in [0.2, 0.25) is 5.01 Å². The van der Waals surface area contributed by atoms with Crippen molar-refractivity contribution in [3.8, 4) is 0 Å². The van der Waals surface area contributed by atoms with E-state index in [0.717, 1.165) is 25.9 Å². The van der Waals surface area contributed by atoms with Crippen LogP contribution in [0.25, 0.3) is 0 Å². The molecule has 0 aliphatic carbocycles. The van der Waals surface area contributed by atoms with Crippen LogP contribution in [0.15, 0.2) is 0 Å². The van der Waals surface area contributed by atoms with Gasteiger partial charge in [0.1, 0.15) is 0 Å². The summed E-state index contributed by atoms with van der Waals surface area (Å²) >= 11 is 6.13. The number of rotatable bonds is 1. The van der Waals surface area contributed by atoms with Crippen LogP contribution < -0.4 is 0 Å². The number of piperidine rings is 1. The Labute approximate surface area is 90.9 Å². The molecule has 0 saturated carbocycles. The molecule has 2 heterocycles. The van der Waals surface area contributed by atoms with Crippen molar-refractivity contribution in [2.75, 3.05) is 13.1 Å². The number of aromatic amines is 1. The lowest BCUT2D eigenvalue weighted by atomic mass is 10.1. The maximum absolute atomic E-state index is 11.8. The molecule has 2 rings (SSSR count). The summed E-state index contributed by atoms with van der Waals surface area (Å²) < 4.78 is 0.561. The number of carbonyl (C=O) groups is 1. The SMILES string of the molecule is O=C(c1n[nH]c(=S)s1)N1CCCCC1. The predicted octanol–water partition coefficient (Wildman–Crippen LogP) is 1.83. The second kappa shape index (κ2) is 4.18. The van der Waals surface area contributed by atoms with Gasteiger partial charge in [-0.25, -0.2) is 0 Å². The Morgan fingerprint density at radius 2 is 2.14 bits per heavy atom. The fourth-order valence-electron chi connectivity index (χ4n) is 1.55. The van der Waals surface area contributed by atoms with Crippen molar-refractivity contribution in [1.29, 1.82) is 0 Å². The number of nitrogens with one attached hydrogen (secondary N) is 1. The van der Waals surface area contributed by atoms with E-state index in [2.05, 4.69) is 10.2 Å². The molecule has 0 bridgehead atoms. The van der Waals surface area contributed by atoms with Crippen LogP contribution in [0.2, 0.25) is 0 Å². The Morgan fingerprint density at radius 3 is 2.71 bits per heavy atom. The van der Waals surface area contributed by atoms with Gasteiger partial charge in [0.15, 0.2) is 3.95 Å². The largest absolute Gasteiger partial charge is 0.337 e. The minimum atomic E-state index is 0.0158. The molecule has 1 aliphatic heterocycles. The van der Waals surface area contributed by atoms with Crippen LogP contribution in [0.1, 0.15) is 29.1 Å². The van der Waals surface area contributed by atoms with Crippen molar-refractivity contribution in [3.05, 3.63) is 8.96 Å². The summed E-state index contributed by atoms with van der Waals surface area (Å²) in [7, 11) is 0. The first-order valence-electron chi connectivity index (χ1n) is 4.62. The molecule has 1 amide bonds. The number of amides is 1. The van der Waals surface area contributed by atoms with Crippen molar-refractivity contribution < 1.29 is 4.79 Å². The van der Waals surface area contributed by atoms with Crippen LogP contribution in [0.3, 0.4) is 0 Å². The number of H-pyrrole nitrogens is 1. The van der Waals surface area contributed by atoms with Gasteiger partial charge in [-0.1, -0.05) is 11.3 Å². The molecule has 1 saturated heterocycles. The van der Waals surface area contributed by atoms with E-state index in [1.807, 2.05) is 4.90 Å². The first kappa shape index (κ1) is 9.79. The predicted molar refractivity (Wildman–Crippen MR) is 57.1 cm³/mol. The number of hydrogen-bond acceptors (Lipinski definition) is 4. The number of aromatic nitrogens is 2. The number of hydrogen-bond donors (Lipinski definition) is 1. The molecule has 4 nitrogen and oxygen atoms in total. The number of nitrogens with zero attached hydrogens (tertiary/aromatic N) is 2. The monoisotopic (exact) mass is 229 g/mol. The maximum atomic E-state index is 11.8. The zero-order chi connectivity index (χ0) is 9.97. The van der Waals surface area contributed by atoms with Crippen LogP contribution in [0, 0.1) is 3.95 Å². The van der Waals surface area contributed by atoms with Gasteiger partial charge in [-0.15, -0.1) is 0 Å². The van der Waals surface area contributed by atoms with Crippen molar-refractivity contribution in [2.45, 2.75) is 19.3 Å². The van der Waals surface area contributed by atoms with Gasteiger partial charge < -0.3 is 4.90 Å². The topological polar surface area (TPSA) is 49.0 Å². The van der Waals surface area contributed by atoms with Crippen LogP contribution in [-0.2, 0) is 0 Å². The highest BCUT2D eigenvalue weighted by atomic mass is 32.1. The fourth-order valence-corrected chi connectivity index (χ4v) is 2.41. The van der Waals surface area contributed by atoms with Gasteiger partial charge in [0, 0.05) is 13.1 Å². The third kappa shape index (κ3) is 2.01. The second-order valence-electron chi connectivity index (χ2n) is 3.27. The summed E-state index contributed by atoms with van der Waals surface area (Å²) in [5.41, 5.74) is 0. The zero-order valence-electron chi connectivity index (χ0n) is 7.65. The molecule has 0 spiro atoms. The minimum absolute atomic E-state index is 0.0158. The van der Waals surface area contributed by atoms with Crippen LogP contribution in [0.4, 0.5) is 0 Å². The smallest absolute Gasteiger partial charge is 0.284 e. The van der Waals surface area contributed by atoms with Gasteiger partial charge in [-0.05, 0) is 31.5 Å². The lowest BCUT2D eigenvalue weighted by Gasteiger charge is -2.25. The highest BCUT2D eigenvalue weighted by Gasteiger charge is 2.20. The Bertz CT molecular complexity index is 378. The van der Waals surface area contributed by atoms with E-state index in [1.54, 1.807) is 0 Å². The Morgan fingerprint density at radius 1 is 1.43 bits per heavy atom. The average molecular weight is 229 g/mol. The summed E-state index contributed by atoms with van der Waals surface area (Å²) in [6.45, 7) is 1.70. The van der Waals surface area contributed by atoms with Gasteiger partial charge in [-0.2, -0.15) is 5.10 Å². The molecule has 6 heteroatoms. The molecule has 1 N–H and O–H groups in total. The molecule has 0 radical (unpaired) electrons. The van der Waals surface area contributed by atoms with Crippen molar-refractivity contribution in [2.24, 2.45) is 0 Å². The lowest BCUT2D eigenvalue weighted by molar-refractivity contribution is 0.0723. The summed E-state index contributed by atoms with van der Waals surface area (Å²) in [4.78, 5) is 13.7. The van der Waals surface area contributed by atoms with Crippen LogP contribution in [-0.4, -0.2) is 34.1 Å². The normalized spacial score (nSPS) is 17.0. The Kier molecular flexibility index (Phi) is 2.93. The van der Waals surface area contributed by atoms with E-state index in [1.165, 1.54) is 17.8 Å². The van der Waals surface area contributed by atoms with E-state index in [4.69, 9.17) is 12.2 Å². The molecule has 76 valence electrons. The van der Waals surface area contributed by atoms with Gasteiger partial charge in [0.25, 0.3) is 5.91 Å². The minimum Gasteiger partial charge on any atom is -0.337 e. The molecule has 1 aromatic rings. The quantitative estimate of drug-likeness (QED) is 0.747. The lowest BCUT2D eigenvalue weighted by Crippen LogP contribution is -2.35. The molecule has 14 heavy (non-hydrogen) atoms. The van der Waals surface area contributed by atoms with E-state index in [-0.39, 0.29) is 5.91 Å².